The molecule has 216 valence electrons. The quantitative estimate of drug-likeness (QED) is 0.358. The van der Waals surface area contributed by atoms with Crippen LogP contribution in [0.1, 0.15) is 62.2 Å². The SMILES string of the molecule is Cc1nnc(N[C@H](C)c2cccc(C(F)(F)C(C)(C)O)c2F)c2cc(N3C4CCC3COC4)c(C(F)(F)F)nc12. The van der Waals surface area contributed by atoms with E-state index in [9.17, 15) is 27.1 Å². The largest absolute Gasteiger partial charge is 0.435 e. The third-order valence-corrected chi connectivity index (χ3v) is 7.64. The molecule has 2 N–H and O–H groups in total. The second-order valence-corrected chi connectivity index (χ2v) is 10.9. The number of hydrogen-bond donors (Lipinski definition) is 2. The van der Waals surface area contributed by atoms with Crippen molar-refractivity contribution in [3.63, 3.8) is 0 Å². The van der Waals surface area contributed by atoms with Gasteiger partial charge in [0.25, 0.3) is 0 Å². The van der Waals surface area contributed by atoms with E-state index in [1.165, 1.54) is 32.0 Å². The van der Waals surface area contributed by atoms with Gasteiger partial charge in [-0.2, -0.15) is 27.1 Å². The monoisotopic (exact) mass is 569 g/mol. The Morgan fingerprint density at radius 2 is 1.73 bits per heavy atom. The topological polar surface area (TPSA) is 83.4 Å². The molecule has 0 spiro atoms. The number of anilines is 2. The predicted molar refractivity (Wildman–Crippen MR) is 136 cm³/mol. The van der Waals surface area contributed by atoms with Crippen molar-refractivity contribution in [1.29, 1.82) is 0 Å². The Morgan fingerprint density at radius 1 is 1.07 bits per heavy atom. The molecule has 0 amide bonds. The minimum atomic E-state index is -4.74. The second kappa shape index (κ2) is 9.72. The normalized spacial score (nSPS) is 20.7. The van der Waals surface area contributed by atoms with E-state index in [0.29, 0.717) is 26.1 Å². The van der Waals surface area contributed by atoms with Gasteiger partial charge in [0.2, 0.25) is 0 Å². The first-order valence-corrected chi connectivity index (χ1v) is 12.9. The maximum absolute atomic E-state index is 15.4. The summed E-state index contributed by atoms with van der Waals surface area (Å²) in [6.45, 7) is 5.34. The molecule has 0 radical (unpaired) electrons. The zero-order valence-corrected chi connectivity index (χ0v) is 22.3. The number of rotatable bonds is 6. The Balaban J connectivity index is 1.60. The van der Waals surface area contributed by atoms with Gasteiger partial charge in [-0.05, 0) is 52.7 Å². The van der Waals surface area contributed by atoms with E-state index in [4.69, 9.17) is 4.74 Å². The van der Waals surface area contributed by atoms with Crippen LogP contribution in [0.5, 0.6) is 0 Å². The molecule has 3 aromatic rings. The Hall–Kier alpha value is -3.19. The molecule has 4 heterocycles. The van der Waals surface area contributed by atoms with Crippen LogP contribution in [0.3, 0.4) is 0 Å². The van der Waals surface area contributed by atoms with Crippen molar-refractivity contribution in [3.05, 3.63) is 52.6 Å². The zero-order valence-electron chi connectivity index (χ0n) is 22.3. The Kier molecular flexibility index (Phi) is 6.89. The molecule has 7 nitrogen and oxygen atoms in total. The van der Waals surface area contributed by atoms with Crippen molar-refractivity contribution in [2.45, 2.75) is 76.4 Å². The summed E-state index contributed by atoms with van der Waals surface area (Å²) in [5, 5.41) is 21.2. The van der Waals surface area contributed by atoms with Crippen molar-refractivity contribution in [1.82, 2.24) is 15.2 Å². The fraction of sp³-hybridized carbons (Fsp3) is 0.519. The van der Waals surface area contributed by atoms with E-state index in [0.717, 1.165) is 19.9 Å². The van der Waals surface area contributed by atoms with Crippen LogP contribution in [0.25, 0.3) is 10.9 Å². The minimum absolute atomic E-state index is 0.0234. The smallest absolute Gasteiger partial charge is 0.384 e. The van der Waals surface area contributed by atoms with Crippen LogP contribution in [0.4, 0.5) is 37.8 Å². The Labute approximate surface area is 226 Å². The average molecular weight is 570 g/mol. The van der Waals surface area contributed by atoms with Gasteiger partial charge in [-0.25, -0.2) is 9.37 Å². The van der Waals surface area contributed by atoms with Gasteiger partial charge in [-0.3, -0.25) is 0 Å². The van der Waals surface area contributed by atoms with Crippen molar-refractivity contribution >= 4 is 22.4 Å². The summed E-state index contributed by atoms with van der Waals surface area (Å²) in [7, 11) is 0. The molecule has 2 aromatic heterocycles. The molecule has 3 atom stereocenters. The van der Waals surface area contributed by atoms with E-state index < -0.39 is 40.8 Å². The molecular weight excluding hydrogens is 540 g/mol. The number of fused-ring (bicyclic) bond motifs is 3. The lowest BCUT2D eigenvalue weighted by atomic mass is 9.91. The minimum Gasteiger partial charge on any atom is -0.384 e. The maximum atomic E-state index is 15.4. The van der Waals surface area contributed by atoms with Crippen LogP contribution >= 0.6 is 0 Å². The molecule has 13 heteroatoms. The molecule has 5 rings (SSSR count). The molecule has 2 saturated heterocycles. The molecule has 2 aliphatic heterocycles. The number of alkyl halides is 5. The van der Waals surface area contributed by atoms with Gasteiger partial charge >= 0.3 is 12.1 Å². The van der Waals surface area contributed by atoms with Gasteiger partial charge in [0.1, 0.15) is 11.4 Å². The molecule has 40 heavy (non-hydrogen) atoms. The number of nitrogens with one attached hydrogen (secondary N) is 1. The maximum Gasteiger partial charge on any atom is 0.435 e. The molecule has 1 aromatic carbocycles. The van der Waals surface area contributed by atoms with Gasteiger partial charge in [0.05, 0.1) is 53.8 Å². The lowest BCUT2D eigenvalue weighted by Crippen LogP contribution is -2.46. The number of ether oxygens (including phenoxy) is 1. The van der Waals surface area contributed by atoms with Crippen molar-refractivity contribution in [2.75, 3.05) is 23.4 Å². The predicted octanol–water partition coefficient (Wildman–Crippen LogP) is 5.89. The first-order chi connectivity index (χ1) is 18.6. The van der Waals surface area contributed by atoms with E-state index in [1.54, 1.807) is 4.90 Å². The van der Waals surface area contributed by atoms with Gasteiger partial charge in [-0.1, -0.05) is 12.1 Å². The fourth-order valence-corrected chi connectivity index (χ4v) is 5.46. The standard InChI is InChI=1S/C27H29F6N5O2/c1-13(17-6-5-7-19(21(17)28)26(29,30)25(3,4)39)34-24-18-10-20(38-15-8-9-16(38)12-40-11-15)23(27(31,32)33)35-22(18)14(2)36-37-24/h5-7,10,13,15-16,39H,8-9,11-12H2,1-4H3,(H,34,37)/t13-,15?,16?/m1/s1. The number of morpholine rings is 1. The Bertz CT molecular complexity index is 1430. The highest BCUT2D eigenvalue weighted by atomic mass is 19.4. The number of hydrogen-bond acceptors (Lipinski definition) is 7. The molecular formula is C27H29F6N5O2. The molecule has 2 fully saturated rings. The molecule has 0 saturated carbocycles. The number of nitrogens with zero attached hydrogens (tertiary/aromatic N) is 4. The second-order valence-electron chi connectivity index (χ2n) is 10.9. The third-order valence-electron chi connectivity index (χ3n) is 7.64. The van der Waals surface area contributed by atoms with Crippen LogP contribution in [0, 0.1) is 12.7 Å². The van der Waals surface area contributed by atoms with Crippen LogP contribution in [-0.2, 0) is 16.8 Å². The number of aliphatic hydroxyl groups is 1. The zero-order chi connectivity index (χ0) is 29.2. The first kappa shape index (κ1) is 28.3. The van der Waals surface area contributed by atoms with Crippen molar-refractivity contribution in [3.8, 4) is 0 Å². The summed E-state index contributed by atoms with van der Waals surface area (Å²) in [6.07, 6.45) is -3.38. The fourth-order valence-electron chi connectivity index (χ4n) is 5.46. The summed E-state index contributed by atoms with van der Waals surface area (Å²) >= 11 is 0. The average Bonchev–Trinajstić information content (AvgIpc) is 3.11. The van der Waals surface area contributed by atoms with Crippen LogP contribution in [0.15, 0.2) is 24.3 Å². The van der Waals surface area contributed by atoms with E-state index >= 15 is 4.39 Å². The van der Waals surface area contributed by atoms with Gasteiger partial charge < -0.3 is 20.1 Å². The molecule has 2 bridgehead atoms. The highest BCUT2D eigenvalue weighted by Gasteiger charge is 2.49. The molecule has 2 aliphatic rings. The highest BCUT2D eigenvalue weighted by molar-refractivity contribution is 5.93. The lowest BCUT2D eigenvalue weighted by molar-refractivity contribution is -0.170. The summed E-state index contributed by atoms with van der Waals surface area (Å²) in [5.41, 5.74) is -4.68. The number of pyridine rings is 1. The number of aromatic nitrogens is 3. The molecule has 2 unspecified atom stereocenters. The van der Waals surface area contributed by atoms with E-state index in [1.807, 2.05) is 0 Å². The van der Waals surface area contributed by atoms with Crippen LogP contribution < -0.4 is 10.2 Å². The van der Waals surface area contributed by atoms with E-state index in [2.05, 4.69) is 20.5 Å². The third kappa shape index (κ3) is 4.72. The van der Waals surface area contributed by atoms with Crippen LogP contribution in [-0.4, -0.2) is 51.2 Å². The number of benzene rings is 1. The number of halogens is 6. The van der Waals surface area contributed by atoms with Gasteiger partial charge in [-0.15, -0.1) is 5.10 Å². The van der Waals surface area contributed by atoms with E-state index in [-0.39, 0.29) is 45.7 Å². The summed E-state index contributed by atoms with van der Waals surface area (Å²) in [5.74, 6) is -5.09. The van der Waals surface area contributed by atoms with Crippen molar-refractivity contribution < 1.29 is 36.2 Å². The number of aryl methyl sites for hydroxylation is 1. The molecule has 0 aliphatic carbocycles. The van der Waals surface area contributed by atoms with Gasteiger partial charge in [0, 0.05) is 10.9 Å². The highest BCUT2D eigenvalue weighted by Crippen LogP contribution is 2.44. The van der Waals surface area contributed by atoms with Crippen molar-refractivity contribution in [2.24, 2.45) is 0 Å². The lowest BCUT2D eigenvalue weighted by Gasteiger charge is -2.37. The Morgan fingerprint density at radius 3 is 2.33 bits per heavy atom. The first-order valence-electron chi connectivity index (χ1n) is 12.9. The van der Waals surface area contributed by atoms with Crippen LogP contribution in [0.2, 0.25) is 0 Å². The summed E-state index contributed by atoms with van der Waals surface area (Å²) in [4.78, 5) is 5.71. The van der Waals surface area contributed by atoms with Gasteiger partial charge in [0.15, 0.2) is 11.5 Å². The summed E-state index contributed by atoms with van der Waals surface area (Å²) < 4.78 is 93.3. The summed E-state index contributed by atoms with van der Waals surface area (Å²) in [6, 6.07) is 3.39.